The third kappa shape index (κ3) is 5.81. The van der Waals surface area contributed by atoms with E-state index in [4.69, 9.17) is 18.9 Å². The summed E-state index contributed by atoms with van der Waals surface area (Å²) in [7, 11) is -0.874. The highest BCUT2D eigenvalue weighted by atomic mass is 32.2. The summed E-state index contributed by atoms with van der Waals surface area (Å²) < 4.78 is 48.4. The molecular weight excluding hydrogens is 452 g/mol. The van der Waals surface area contributed by atoms with Gasteiger partial charge < -0.3 is 24.3 Å². The summed E-state index contributed by atoms with van der Waals surface area (Å²) in [6, 6.07) is 8.92. The predicted octanol–water partition coefficient (Wildman–Crippen LogP) is 1.94. The average Bonchev–Trinajstić information content (AvgIpc) is 2.82. The molecule has 0 radical (unpaired) electrons. The van der Waals surface area contributed by atoms with Crippen molar-refractivity contribution in [1.29, 1.82) is 0 Å². The van der Waals surface area contributed by atoms with E-state index in [-0.39, 0.29) is 41.0 Å². The summed E-state index contributed by atoms with van der Waals surface area (Å²) in [4.78, 5) is 24.4. The van der Waals surface area contributed by atoms with Gasteiger partial charge in [-0.1, -0.05) is 0 Å². The molecule has 0 aliphatic carbocycles. The van der Waals surface area contributed by atoms with Crippen molar-refractivity contribution in [2.24, 2.45) is 0 Å². The summed E-state index contributed by atoms with van der Waals surface area (Å²) in [5.74, 6) is 0.170. The Bertz CT molecular complexity index is 1130. The molecular formula is C22H26N2O8S. The Morgan fingerprint density at radius 1 is 1.03 bits per heavy atom. The number of ether oxygens (including phenoxy) is 4. The first-order valence-corrected chi connectivity index (χ1v) is 11.6. The van der Waals surface area contributed by atoms with Crippen LogP contribution in [-0.2, 0) is 19.6 Å². The van der Waals surface area contributed by atoms with Gasteiger partial charge in [-0.2, -0.15) is 4.31 Å². The summed E-state index contributed by atoms with van der Waals surface area (Å²) in [5, 5.41) is 2.61. The minimum absolute atomic E-state index is 0.0214. The number of Topliss-reactive ketones (excluding diaryl/α,β-unsaturated/α-hetero) is 1. The zero-order valence-electron chi connectivity index (χ0n) is 18.6. The fourth-order valence-corrected chi connectivity index (χ4v) is 4.69. The lowest BCUT2D eigenvalue weighted by Gasteiger charge is -2.26. The van der Waals surface area contributed by atoms with Crippen molar-refractivity contribution >= 4 is 27.4 Å². The number of amides is 1. The Balaban J connectivity index is 1.77. The number of carbonyl (C=O) groups excluding carboxylic acids is 2. The van der Waals surface area contributed by atoms with Crippen LogP contribution in [0.25, 0.3) is 0 Å². The van der Waals surface area contributed by atoms with Crippen LogP contribution in [0, 0.1) is 0 Å². The molecule has 0 aromatic heterocycles. The number of benzene rings is 2. The molecule has 10 nitrogen and oxygen atoms in total. The molecule has 1 amide bonds. The Morgan fingerprint density at radius 2 is 1.76 bits per heavy atom. The Hall–Kier alpha value is -3.15. The summed E-state index contributed by atoms with van der Waals surface area (Å²) in [6.45, 7) is 2.12. The third-order valence-corrected chi connectivity index (χ3v) is 6.87. The number of hydrogen-bond donors (Lipinski definition) is 1. The van der Waals surface area contributed by atoms with Gasteiger partial charge >= 0.3 is 0 Å². The van der Waals surface area contributed by atoms with E-state index < -0.39 is 22.5 Å². The highest BCUT2D eigenvalue weighted by molar-refractivity contribution is 7.89. The van der Waals surface area contributed by atoms with Gasteiger partial charge in [0.05, 0.1) is 43.6 Å². The molecule has 1 heterocycles. The second-order valence-electron chi connectivity index (χ2n) is 7.13. The van der Waals surface area contributed by atoms with Gasteiger partial charge in [0.2, 0.25) is 10.0 Å². The summed E-state index contributed by atoms with van der Waals surface area (Å²) in [5.41, 5.74) is 0.484. The molecule has 0 spiro atoms. The lowest BCUT2D eigenvalue weighted by atomic mass is 10.1. The standard InChI is InChI=1S/C22H26N2O8S/c1-15(25)18-6-4-16(29-2)12-21(18)32-14-22(26)23-19-13-17(5-7-20(19)30-3)33(27,28)24-8-10-31-11-9-24/h4-7,12-13H,8-11,14H2,1-3H3,(H,23,26). The van der Waals surface area contributed by atoms with Gasteiger partial charge in [0, 0.05) is 19.2 Å². The summed E-state index contributed by atoms with van der Waals surface area (Å²) >= 11 is 0. The zero-order chi connectivity index (χ0) is 24.0. The number of rotatable bonds is 9. The van der Waals surface area contributed by atoms with E-state index in [1.54, 1.807) is 12.1 Å². The van der Waals surface area contributed by atoms with Crippen LogP contribution in [0.2, 0.25) is 0 Å². The lowest BCUT2D eigenvalue weighted by Crippen LogP contribution is -2.40. The van der Waals surface area contributed by atoms with Gasteiger partial charge in [-0.15, -0.1) is 0 Å². The van der Waals surface area contributed by atoms with Crippen molar-refractivity contribution in [2.75, 3.05) is 52.4 Å². The van der Waals surface area contributed by atoms with E-state index >= 15 is 0 Å². The Labute approximate surface area is 192 Å². The first kappa shape index (κ1) is 24.5. The molecule has 0 atom stereocenters. The second kappa shape index (κ2) is 10.6. The normalized spacial score (nSPS) is 14.4. The summed E-state index contributed by atoms with van der Waals surface area (Å²) in [6.07, 6.45) is 0. The zero-order valence-corrected chi connectivity index (χ0v) is 19.4. The molecule has 1 aliphatic heterocycles. The largest absolute Gasteiger partial charge is 0.497 e. The molecule has 2 aromatic carbocycles. The van der Waals surface area contributed by atoms with Crippen molar-refractivity contribution in [2.45, 2.75) is 11.8 Å². The molecule has 2 aromatic rings. The number of nitrogens with zero attached hydrogens (tertiary/aromatic N) is 1. The monoisotopic (exact) mass is 478 g/mol. The van der Waals surface area contributed by atoms with Crippen LogP contribution in [0.4, 0.5) is 5.69 Å². The maximum absolute atomic E-state index is 12.9. The van der Waals surface area contributed by atoms with Crippen LogP contribution in [0.15, 0.2) is 41.3 Å². The minimum Gasteiger partial charge on any atom is -0.497 e. The molecule has 1 fully saturated rings. The maximum Gasteiger partial charge on any atom is 0.262 e. The van der Waals surface area contributed by atoms with Crippen LogP contribution >= 0.6 is 0 Å². The van der Waals surface area contributed by atoms with Gasteiger partial charge in [0.1, 0.15) is 17.2 Å². The van der Waals surface area contributed by atoms with E-state index in [2.05, 4.69) is 5.32 Å². The Morgan fingerprint density at radius 3 is 2.39 bits per heavy atom. The third-order valence-electron chi connectivity index (χ3n) is 4.98. The Kier molecular flexibility index (Phi) is 7.90. The number of sulfonamides is 1. The van der Waals surface area contributed by atoms with Crippen LogP contribution in [0.5, 0.6) is 17.2 Å². The SMILES string of the molecule is COc1ccc(C(C)=O)c(OCC(=O)Nc2cc(S(=O)(=O)N3CCOCC3)ccc2OC)c1. The number of ketones is 1. The molecule has 0 saturated carbocycles. The fraction of sp³-hybridized carbons (Fsp3) is 0.364. The van der Waals surface area contributed by atoms with Crippen LogP contribution < -0.4 is 19.5 Å². The molecule has 0 unspecified atom stereocenters. The van der Waals surface area contributed by atoms with Gasteiger partial charge in [-0.25, -0.2) is 8.42 Å². The molecule has 178 valence electrons. The van der Waals surface area contributed by atoms with E-state index in [1.165, 1.54) is 49.7 Å². The molecule has 1 N–H and O–H groups in total. The van der Waals surface area contributed by atoms with Gasteiger partial charge in [0.15, 0.2) is 12.4 Å². The second-order valence-corrected chi connectivity index (χ2v) is 9.07. The number of hydrogen-bond acceptors (Lipinski definition) is 8. The van der Waals surface area contributed by atoms with Crippen molar-refractivity contribution in [3.8, 4) is 17.2 Å². The number of carbonyl (C=O) groups is 2. The highest BCUT2D eigenvalue weighted by Crippen LogP contribution is 2.30. The average molecular weight is 479 g/mol. The smallest absolute Gasteiger partial charge is 0.262 e. The van der Waals surface area contributed by atoms with Crippen molar-refractivity contribution < 1.29 is 37.0 Å². The van der Waals surface area contributed by atoms with Gasteiger partial charge in [-0.05, 0) is 37.3 Å². The first-order valence-electron chi connectivity index (χ1n) is 10.1. The van der Waals surface area contributed by atoms with Crippen molar-refractivity contribution in [3.05, 3.63) is 42.0 Å². The van der Waals surface area contributed by atoms with E-state index in [1.807, 2.05) is 0 Å². The first-order chi connectivity index (χ1) is 15.8. The minimum atomic E-state index is -3.76. The molecule has 1 saturated heterocycles. The highest BCUT2D eigenvalue weighted by Gasteiger charge is 2.27. The topological polar surface area (TPSA) is 120 Å². The fourth-order valence-electron chi connectivity index (χ4n) is 3.25. The van der Waals surface area contributed by atoms with Crippen LogP contribution in [-0.4, -0.2) is 71.5 Å². The molecule has 11 heteroatoms. The maximum atomic E-state index is 12.9. The number of nitrogens with one attached hydrogen (secondary N) is 1. The molecule has 1 aliphatic rings. The quantitative estimate of drug-likeness (QED) is 0.543. The molecule has 3 rings (SSSR count). The van der Waals surface area contributed by atoms with Crippen LogP contribution in [0.1, 0.15) is 17.3 Å². The van der Waals surface area contributed by atoms with Crippen LogP contribution in [0.3, 0.4) is 0 Å². The lowest BCUT2D eigenvalue weighted by molar-refractivity contribution is -0.118. The predicted molar refractivity (Wildman–Crippen MR) is 120 cm³/mol. The molecule has 33 heavy (non-hydrogen) atoms. The molecule has 0 bridgehead atoms. The van der Waals surface area contributed by atoms with Crippen molar-refractivity contribution in [1.82, 2.24) is 4.31 Å². The van der Waals surface area contributed by atoms with Gasteiger partial charge in [-0.3, -0.25) is 9.59 Å². The van der Waals surface area contributed by atoms with E-state index in [0.717, 1.165) is 0 Å². The number of methoxy groups -OCH3 is 2. The van der Waals surface area contributed by atoms with Gasteiger partial charge in [0.25, 0.3) is 5.91 Å². The number of morpholine rings is 1. The van der Waals surface area contributed by atoms with E-state index in [9.17, 15) is 18.0 Å². The van der Waals surface area contributed by atoms with E-state index in [0.29, 0.717) is 24.5 Å². The number of anilines is 1. The van der Waals surface area contributed by atoms with Crippen molar-refractivity contribution in [3.63, 3.8) is 0 Å².